The van der Waals surface area contributed by atoms with Crippen molar-refractivity contribution >= 4 is 63.8 Å². The lowest BCUT2D eigenvalue weighted by atomic mass is 9.73. The van der Waals surface area contributed by atoms with E-state index in [1.54, 1.807) is 0 Å². The number of hydrogen-bond acceptors (Lipinski definition) is 8. The first kappa shape index (κ1) is 57.7. The van der Waals surface area contributed by atoms with E-state index < -0.39 is 0 Å². The maximum atomic E-state index is 15.1. The van der Waals surface area contributed by atoms with Crippen LogP contribution in [0.25, 0.3) is 5.57 Å². The summed E-state index contributed by atoms with van der Waals surface area (Å²) >= 11 is 4.01. The highest BCUT2D eigenvalue weighted by Crippen LogP contribution is 2.54. The summed E-state index contributed by atoms with van der Waals surface area (Å²) in [6.07, 6.45) is 17.4. The highest BCUT2D eigenvalue weighted by Gasteiger charge is 2.49. The van der Waals surface area contributed by atoms with Crippen LogP contribution in [-0.2, 0) is 19.8 Å². The molecule has 2 amide bonds. The molecule has 1 aromatic carbocycles. The van der Waals surface area contributed by atoms with E-state index in [0.29, 0.717) is 22.5 Å². The fourth-order valence-electron chi connectivity index (χ4n) is 11.2. The van der Waals surface area contributed by atoms with E-state index in [4.69, 9.17) is 4.99 Å². The maximum absolute atomic E-state index is 15.1. The van der Waals surface area contributed by atoms with Crippen molar-refractivity contribution in [3.8, 4) is 0 Å². The van der Waals surface area contributed by atoms with Crippen LogP contribution < -0.4 is 10.2 Å². The number of ketones is 1. The van der Waals surface area contributed by atoms with Gasteiger partial charge in [-0.2, -0.15) is 23.5 Å². The number of carbonyl (C=O) groups is 3. The normalized spacial score (nSPS) is 22.8. The third-order valence-corrected chi connectivity index (χ3v) is 19.3. The van der Waals surface area contributed by atoms with Crippen LogP contribution in [0.4, 0.5) is 11.4 Å². The van der Waals surface area contributed by atoms with Crippen molar-refractivity contribution in [2.75, 3.05) is 33.2 Å². The molecular formula is C60H94N4O4S2. The van der Waals surface area contributed by atoms with Crippen molar-refractivity contribution in [2.24, 2.45) is 34.1 Å². The molecule has 1 fully saturated rings. The molecule has 6 atom stereocenters. The Kier molecular flexibility index (Phi) is 20.7. The number of hydrogen-bond donors (Lipinski definition) is 2. The Morgan fingerprint density at radius 1 is 0.729 bits per heavy atom. The molecule has 1 saturated heterocycles. The van der Waals surface area contributed by atoms with Gasteiger partial charge in [0.05, 0.1) is 22.5 Å². The average Bonchev–Trinajstić information content (AvgIpc) is 3.63. The minimum absolute atomic E-state index is 0.0906. The smallest absolute Gasteiger partial charge is 0.249 e. The SMILES string of the molecule is CCCCC(CC)CSCCCC(C)C(=O)N=C1C=C2C(=C/C1=C1/C(=O)C(c3cc4c(cc3NC(=O)C(C)CCCSCC(CC)CCCC)N(C(C)C)C(C)C4(C)C)=C1O)C(C)(C)C(C)N2C(C)C. The second-order valence-electron chi connectivity index (χ2n) is 23.0. The molecule has 2 N–H and O–H groups in total. The standard InChI is InChI=1S/C60H94N4O4S2/c1-17-21-27-43(19-3)35-69-29-23-25-39(9)57(67)61-49-33-51-47(59(13,14)41(11)63(51)37(5)6)31-45(49)53-55(65)54(56(53)66)46-32-48-52(64(38(7)8)42(12)60(48,15)16)34-50(46)62-58(68)40(10)26-24-30-70-36-44(20-4)28-22-18-2/h31-34,37-44,65H,17-30,35-36H2,1-16H3,(H,61,67)/b54-46-,62-50?. The Hall–Kier alpha value is -3.24. The Bertz CT molecular complexity index is 2200. The number of unbranched alkanes of at least 4 members (excludes halogenated alkanes) is 2. The number of thioether (sulfide) groups is 2. The molecule has 390 valence electrons. The summed E-state index contributed by atoms with van der Waals surface area (Å²) in [7, 11) is 0. The molecule has 10 heteroatoms. The molecule has 0 saturated carbocycles. The number of aliphatic hydroxyl groups is 1. The van der Waals surface area contributed by atoms with Crippen molar-refractivity contribution in [1.82, 2.24) is 4.90 Å². The number of allylic oxidation sites excluding steroid dienone is 6. The first-order valence-electron chi connectivity index (χ1n) is 27.6. The van der Waals surface area contributed by atoms with E-state index in [-0.39, 0.29) is 81.3 Å². The number of Topliss-reactive ketones (excluding diaryl/α,β-unsaturated/α-hetero) is 1. The molecule has 2 aliphatic carbocycles. The summed E-state index contributed by atoms with van der Waals surface area (Å²) in [6.45, 7) is 35.2. The summed E-state index contributed by atoms with van der Waals surface area (Å²) in [6, 6.07) is 4.78. The third kappa shape index (κ3) is 12.6. The van der Waals surface area contributed by atoms with Crippen LogP contribution in [0.3, 0.4) is 0 Å². The number of carbonyl (C=O) groups excluding carboxylic acids is 3. The first-order chi connectivity index (χ1) is 33.1. The van der Waals surface area contributed by atoms with Gasteiger partial charge in [-0.05, 0) is 150 Å². The second-order valence-corrected chi connectivity index (χ2v) is 25.3. The van der Waals surface area contributed by atoms with E-state index in [0.717, 1.165) is 71.5 Å². The number of nitrogens with one attached hydrogen (secondary N) is 1. The topological polar surface area (TPSA) is 102 Å². The predicted octanol–water partition coefficient (Wildman–Crippen LogP) is 15.3. The molecule has 0 spiro atoms. The number of amides is 2. The lowest BCUT2D eigenvalue weighted by Crippen LogP contribution is -2.42. The summed E-state index contributed by atoms with van der Waals surface area (Å²) in [5.41, 5.74) is 5.96. The number of fused-ring (bicyclic) bond motifs is 2. The summed E-state index contributed by atoms with van der Waals surface area (Å²) in [5.74, 6) is 4.62. The molecule has 0 aromatic heterocycles. The molecule has 1 aromatic rings. The number of aliphatic hydroxyl groups excluding tert-OH is 1. The molecule has 70 heavy (non-hydrogen) atoms. The van der Waals surface area contributed by atoms with Gasteiger partial charge in [0, 0.05) is 69.4 Å². The first-order valence-corrected chi connectivity index (χ1v) is 29.9. The second kappa shape index (κ2) is 25.1. The van der Waals surface area contributed by atoms with E-state index in [9.17, 15) is 14.7 Å². The van der Waals surface area contributed by atoms with Gasteiger partial charge in [0.15, 0.2) is 0 Å². The lowest BCUT2D eigenvalue weighted by Gasteiger charge is -2.34. The van der Waals surface area contributed by atoms with Crippen molar-refractivity contribution in [2.45, 2.75) is 217 Å². The molecule has 8 nitrogen and oxygen atoms in total. The Balaban J connectivity index is 1.52. The van der Waals surface area contributed by atoms with Gasteiger partial charge in [-0.3, -0.25) is 14.4 Å². The fourth-order valence-corrected chi connectivity index (χ4v) is 13.7. The molecule has 4 aliphatic rings. The van der Waals surface area contributed by atoms with Crippen molar-refractivity contribution < 1.29 is 19.5 Å². The average molecular weight is 1000 g/mol. The highest BCUT2D eigenvalue weighted by atomic mass is 32.2. The van der Waals surface area contributed by atoms with Crippen LogP contribution in [0.5, 0.6) is 0 Å². The van der Waals surface area contributed by atoms with Gasteiger partial charge in [-0.15, -0.1) is 0 Å². The Labute approximate surface area is 434 Å². The number of rotatable bonds is 26. The minimum Gasteiger partial charge on any atom is -0.506 e. The van der Waals surface area contributed by atoms with Crippen molar-refractivity contribution in [1.29, 1.82) is 0 Å². The maximum Gasteiger partial charge on any atom is 0.249 e. The summed E-state index contributed by atoms with van der Waals surface area (Å²) in [5, 5.41) is 15.7. The molecule has 0 radical (unpaired) electrons. The quantitative estimate of drug-likeness (QED) is 0.0699. The van der Waals surface area contributed by atoms with Gasteiger partial charge in [0.1, 0.15) is 5.76 Å². The molecule has 6 unspecified atom stereocenters. The number of anilines is 2. The van der Waals surface area contributed by atoms with Crippen LogP contribution in [0, 0.1) is 29.1 Å². The van der Waals surface area contributed by atoms with Crippen LogP contribution in [0.2, 0.25) is 0 Å². The van der Waals surface area contributed by atoms with Crippen molar-refractivity contribution in [3.05, 3.63) is 63.6 Å². The zero-order valence-corrected chi connectivity index (χ0v) is 48.2. The number of aliphatic imine (C=N–C) groups is 1. The van der Waals surface area contributed by atoms with Gasteiger partial charge in [-0.1, -0.05) is 108 Å². The highest BCUT2D eigenvalue weighted by molar-refractivity contribution is 7.99. The van der Waals surface area contributed by atoms with Gasteiger partial charge in [-0.25, -0.2) is 4.99 Å². The van der Waals surface area contributed by atoms with Crippen LogP contribution in [0.1, 0.15) is 199 Å². The third-order valence-electron chi connectivity index (χ3n) is 16.7. The van der Waals surface area contributed by atoms with Gasteiger partial charge in [0.2, 0.25) is 17.6 Å². The number of likely N-dealkylation sites (tertiary alicyclic amines) is 1. The summed E-state index contributed by atoms with van der Waals surface area (Å²) in [4.78, 5) is 53.0. The van der Waals surface area contributed by atoms with E-state index in [1.165, 1.54) is 62.9 Å². The minimum atomic E-state index is -0.310. The van der Waals surface area contributed by atoms with Crippen molar-refractivity contribution in [3.63, 3.8) is 0 Å². The molecule has 2 heterocycles. The van der Waals surface area contributed by atoms with Gasteiger partial charge in [0.25, 0.3) is 0 Å². The monoisotopic (exact) mass is 999 g/mol. The van der Waals surface area contributed by atoms with Crippen LogP contribution >= 0.6 is 23.5 Å². The largest absolute Gasteiger partial charge is 0.506 e. The van der Waals surface area contributed by atoms with E-state index >= 15 is 4.79 Å². The van der Waals surface area contributed by atoms with Crippen LogP contribution in [0.15, 0.2) is 57.5 Å². The van der Waals surface area contributed by atoms with E-state index in [1.807, 2.05) is 61.7 Å². The van der Waals surface area contributed by atoms with Crippen LogP contribution in [-0.4, -0.2) is 80.5 Å². The zero-order valence-electron chi connectivity index (χ0n) is 46.6. The number of nitrogens with zero attached hydrogens (tertiary/aromatic N) is 3. The van der Waals surface area contributed by atoms with E-state index in [2.05, 4.69) is 112 Å². The molecule has 0 bridgehead atoms. The molecule has 5 rings (SSSR count). The summed E-state index contributed by atoms with van der Waals surface area (Å²) < 4.78 is 0. The lowest BCUT2D eigenvalue weighted by molar-refractivity contribution is -0.121. The Morgan fingerprint density at radius 3 is 1.79 bits per heavy atom. The predicted molar refractivity (Wildman–Crippen MR) is 304 cm³/mol. The Morgan fingerprint density at radius 2 is 1.27 bits per heavy atom. The van der Waals surface area contributed by atoms with Gasteiger partial charge < -0.3 is 20.2 Å². The fraction of sp³-hybridized carbons (Fsp3) is 0.700. The molecular weight excluding hydrogens is 905 g/mol. The van der Waals surface area contributed by atoms with Gasteiger partial charge >= 0.3 is 0 Å². The number of benzene rings is 1. The molecule has 2 aliphatic heterocycles. The zero-order chi connectivity index (χ0) is 51.8.